The van der Waals surface area contributed by atoms with Crippen molar-refractivity contribution in [1.82, 2.24) is 14.9 Å². The van der Waals surface area contributed by atoms with Crippen LogP contribution in [0.1, 0.15) is 22.9 Å². The lowest BCUT2D eigenvalue weighted by atomic mass is 10.1. The van der Waals surface area contributed by atoms with Gasteiger partial charge in [-0.05, 0) is 24.1 Å². The van der Waals surface area contributed by atoms with Crippen molar-refractivity contribution in [3.8, 4) is 5.75 Å². The van der Waals surface area contributed by atoms with Gasteiger partial charge in [-0.2, -0.15) is 0 Å². The lowest BCUT2D eigenvalue weighted by Crippen LogP contribution is -2.37. The Balaban J connectivity index is 1.76. The van der Waals surface area contributed by atoms with Crippen LogP contribution >= 0.6 is 0 Å². The first kappa shape index (κ1) is 18.9. The molecule has 1 aromatic carbocycles. The highest BCUT2D eigenvalue weighted by Gasteiger charge is 2.27. The summed E-state index contributed by atoms with van der Waals surface area (Å²) in [6.45, 7) is 0.771. The van der Waals surface area contributed by atoms with Gasteiger partial charge in [-0.3, -0.25) is 14.6 Å². The van der Waals surface area contributed by atoms with Crippen LogP contribution < -0.4 is 15.2 Å². The zero-order valence-corrected chi connectivity index (χ0v) is 15.7. The van der Waals surface area contributed by atoms with Gasteiger partial charge in [0, 0.05) is 39.2 Å². The van der Waals surface area contributed by atoms with E-state index in [9.17, 15) is 14.7 Å². The molecular formula is C19H24N4O4. The molecule has 0 saturated carbocycles. The first-order valence-corrected chi connectivity index (χ1v) is 8.81. The van der Waals surface area contributed by atoms with Crippen molar-refractivity contribution in [2.75, 3.05) is 39.2 Å². The van der Waals surface area contributed by atoms with Crippen molar-refractivity contribution in [2.45, 2.75) is 18.9 Å². The Morgan fingerprint density at radius 2 is 1.93 bits per heavy atom. The van der Waals surface area contributed by atoms with Gasteiger partial charge >= 0.3 is 0 Å². The molecule has 1 amide bonds. The molecule has 0 bridgehead atoms. The Hall–Kier alpha value is -2.87. The number of aromatic amines is 1. The molecule has 1 atom stereocenters. The number of nitrogens with zero attached hydrogens (tertiary/aromatic N) is 3. The number of amides is 1. The standard InChI is InChI=1S/C19H24N4O4/c1-22(2)19-20-15-9-11-23(10-8-14(15)17(25)21-19)18(26)16(24)12-4-6-13(27-3)7-5-12/h4-7,16,24H,8-11H2,1-3H3,(H,20,21,25)/t16-/m0/s1. The summed E-state index contributed by atoms with van der Waals surface area (Å²) in [4.78, 5) is 35.7. The minimum atomic E-state index is -1.25. The normalized spacial score (nSPS) is 14.9. The summed E-state index contributed by atoms with van der Waals surface area (Å²) in [6.07, 6.45) is -0.367. The fraction of sp³-hybridized carbons (Fsp3) is 0.421. The van der Waals surface area contributed by atoms with Gasteiger partial charge < -0.3 is 19.6 Å². The second kappa shape index (κ2) is 7.79. The number of nitrogens with one attached hydrogen (secondary N) is 1. The Labute approximate surface area is 157 Å². The second-order valence-electron chi connectivity index (χ2n) is 6.71. The number of hydrogen-bond donors (Lipinski definition) is 2. The first-order valence-electron chi connectivity index (χ1n) is 8.81. The van der Waals surface area contributed by atoms with E-state index in [0.717, 1.165) is 0 Å². The zero-order chi connectivity index (χ0) is 19.6. The lowest BCUT2D eigenvalue weighted by Gasteiger charge is -2.23. The van der Waals surface area contributed by atoms with Gasteiger partial charge in [0.05, 0.1) is 12.8 Å². The Kier molecular flexibility index (Phi) is 5.46. The largest absolute Gasteiger partial charge is 0.497 e. The molecule has 144 valence electrons. The van der Waals surface area contributed by atoms with Crippen LogP contribution in [0.25, 0.3) is 0 Å². The fourth-order valence-corrected chi connectivity index (χ4v) is 3.13. The molecule has 0 unspecified atom stereocenters. The molecule has 3 rings (SSSR count). The molecule has 1 aromatic heterocycles. The number of hydrogen-bond acceptors (Lipinski definition) is 6. The SMILES string of the molecule is COc1ccc([C@H](O)C(=O)N2CCc3nc(N(C)C)[nH]c(=O)c3CC2)cc1. The van der Waals surface area contributed by atoms with Gasteiger partial charge in [0.15, 0.2) is 6.10 Å². The number of fused-ring (bicyclic) bond motifs is 1. The monoisotopic (exact) mass is 372 g/mol. The van der Waals surface area contributed by atoms with Crippen molar-refractivity contribution in [3.05, 3.63) is 51.4 Å². The molecule has 8 nitrogen and oxygen atoms in total. The number of anilines is 1. The molecule has 0 saturated heterocycles. The molecule has 2 N–H and O–H groups in total. The molecule has 2 aromatic rings. The van der Waals surface area contributed by atoms with Crippen LogP contribution in [0.3, 0.4) is 0 Å². The predicted molar refractivity (Wildman–Crippen MR) is 101 cm³/mol. The van der Waals surface area contributed by atoms with Crippen LogP contribution in [-0.4, -0.2) is 60.2 Å². The van der Waals surface area contributed by atoms with Gasteiger partial charge in [0.1, 0.15) is 5.75 Å². The summed E-state index contributed by atoms with van der Waals surface area (Å²) >= 11 is 0. The number of aliphatic hydroxyl groups is 1. The Morgan fingerprint density at radius 1 is 1.26 bits per heavy atom. The number of aliphatic hydroxyl groups excluding tert-OH is 1. The fourth-order valence-electron chi connectivity index (χ4n) is 3.13. The maximum atomic E-state index is 12.7. The summed E-state index contributed by atoms with van der Waals surface area (Å²) in [5, 5.41) is 10.5. The quantitative estimate of drug-likeness (QED) is 0.811. The Morgan fingerprint density at radius 3 is 2.56 bits per heavy atom. The van der Waals surface area contributed by atoms with Crippen LogP contribution in [0, 0.1) is 0 Å². The van der Waals surface area contributed by atoms with E-state index >= 15 is 0 Å². The Bertz CT molecular complexity index is 876. The van der Waals surface area contributed by atoms with Gasteiger partial charge in [-0.1, -0.05) is 12.1 Å². The number of carbonyl (C=O) groups excluding carboxylic acids is 1. The molecule has 8 heteroatoms. The van der Waals surface area contributed by atoms with Gasteiger partial charge in [-0.15, -0.1) is 0 Å². The van der Waals surface area contributed by atoms with Crippen molar-refractivity contribution in [1.29, 1.82) is 0 Å². The molecule has 0 fully saturated rings. The maximum absolute atomic E-state index is 12.7. The highest BCUT2D eigenvalue weighted by Crippen LogP contribution is 2.21. The highest BCUT2D eigenvalue weighted by atomic mass is 16.5. The second-order valence-corrected chi connectivity index (χ2v) is 6.71. The number of H-pyrrole nitrogens is 1. The summed E-state index contributed by atoms with van der Waals surface area (Å²) in [6, 6.07) is 6.75. The average molecular weight is 372 g/mol. The van der Waals surface area contributed by atoms with E-state index in [2.05, 4.69) is 9.97 Å². The minimum absolute atomic E-state index is 0.172. The van der Waals surface area contributed by atoms with E-state index in [4.69, 9.17) is 4.74 Å². The van der Waals surface area contributed by atoms with Crippen LogP contribution in [0.5, 0.6) is 5.75 Å². The van der Waals surface area contributed by atoms with Crippen LogP contribution in [0.15, 0.2) is 29.1 Å². The number of methoxy groups -OCH3 is 1. The molecule has 1 aliphatic heterocycles. The molecule has 27 heavy (non-hydrogen) atoms. The van der Waals surface area contributed by atoms with E-state index in [1.165, 1.54) is 0 Å². The molecule has 0 aliphatic carbocycles. The number of ether oxygens (including phenoxy) is 1. The molecule has 1 aliphatic rings. The maximum Gasteiger partial charge on any atom is 0.256 e. The number of rotatable bonds is 4. The van der Waals surface area contributed by atoms with Crippen LogP contribution in [0.2, 0.25) is 0 Å². The highest BCUT2D eigenvalue weighted by molar-refractivity contribution is 5.82. The molecule has 0 radical (unpaired) electrons. The summed E-state index contributed by atoms with van der Waals surface area (Å²) in [5.74, 6) is 0.777. The minimum Gasteiger partial charge on any atom is -0.497 e. The number of carbonyl (C=O) groups is 1. The van der Waals surface area contributed by atoms with Gasteiger partial charge in [0.25, 0.3) is 11.5 Å². The van der Waals surface area contributed by atoms with E-state index in [1.54, 1.807) is 41.2 Å². The molecule has 2 heterocycles. The van der Waals surface area contributed by atoms with E-state index < -0.39 is 6.10 Å². The van der Waals surface area contributed by atoms with Crippen molar-refractivity contribution < 1.29 is 14.6 Å². The van der Waals surface area contributed by atoms with Crippen molar-refractivity contribution in [2.24, 2.45) is 0 Å². The van der Waals surface area contributed by atoms with Crippen LogP contribution in [-0.2, 0) is 17.6 Å². The van der Waals surface area contributed by atoms with Gasteiger partial charge in [-0.25, -0.2) is 4.98 Å². The van der Waals surface area contributed by atoms with E-state index in [1.807, 2.05) is 14.1 Å². The zero-order valence-electron chi connectivity index (χ0n) is 15.7. The smallest absolute Gasteiger partial charge is 0.256 e. The lowest BCUT2D eigenvalue weighted by molar-refractivity contribution is -0.140. The third-order valence-electron chi connectivity index (χ3n) is 4.74. The number of benzene rings is 1. The molecule has 0 spiro atoms. The summed E-state index contributed by atoms with van der Waals surface area (Å²) < 4.78 is 5.10. The van der Waals surface area contributed by atoms with Crippen LogP contribution in [0.4, 0.5) is 5.95 Å². The third kappa shape index (κ3) is 3.95. The molecular weight excluding hydrogens is 348 g/mol. The van der Waals surface area contributed by atoms with Crippen molar-refractivity contribution >= 4 is 11.9 Å². The first-order chi connectivity index (χ1) is 12.9. The summed E-state index contributed by atoms with van der Waals surface area (Å²) in [7, 11) is 5.17. The predicted octanol–water partition coefficient (Wildman–Crippen LogP) is 0.505. The average Bonchev–Trinajstić information content (AvgIpc) is 2.90. The van der Waals surface area contributed by atoms with E-state index in [-0.39, 0.29) is 11.5 Å². The van der Waals surface area contributed by atoms with Crippen molar-refractivity contribution in [3.63, 3.8) is 0 Å². The summed E-state index contributed by atoms with van der Waals surface area (Å²) in [5.41, 5.74) is 1.65. The third-order valence-corrected chi connectivity index (χ3v) is 4.74. The number of aromatic nitrogens is 2. The van der Waals surface area contributed by atoms with E-state index in [0.29, 0.717) is 54.4 Å². The topological polar surface area (TPSA) is 98.8 Å². The van der Waals surface area contributed by atoms with Gasteiger partial charge in [0.2, 0.25) is 5.95 Å².